The second kappa shape index (κ2) is 9.99. The monoisotopic (exact) mass is 362 g/mol. The van der Waals surface area contributed by atoms with Gasteiger partial charge in [-0.25, -0.2) is 0 Å². The number of benzene rings is 1. The average Bonchev–Trinajstić information content (AvgIpc) is 2.38. The Balaban J connectivity index is 0.00000289. The molecular formula is C13H23IN4. The molecule has 1 aromatic rings. The summed E-state index contributed by atoms with van der Waals surface area (Å²) in [7, 11) is 3.80. The van der Waals surface area contributed by atoms with E-state index in [1.54, 1.807) is 7.05 Å². The summed E-state index contributed by atoms with van der Waals surface area (Å²) >= 11 is 0. The van der Waals surface area contributed by atoms with Crippen molar-refractivity contribution < 1.29 is 0 Å². The molecule has 0 amide bonds. The normalized spacial score (nSPS) is 10.7. The Bertz CT molecular complexity index is 340. The lowest BCUT2D eigenvalue weighted by Gasteiger charge is -2.19. The largest absolute Gasteiger partial charge is 0.375 e. The summed E-state index contributed by atoms with van der Waals surface area (Å²) in [6, 6.07) is 10.4. The highest BCUT2D eigenvalue weighted by atomic mass is 127. The maximum absolute atomic E-state index is 5.53. The van der Waals surface area contributed by atoms with E-state index in [0.29, 0.717) is 5.96 Å². The lowest BCUT2D eigenvalue weighted by atomic mass is 10.2. The van der Waals surface area contributed by atoms with Gasteiger partial charge in [0.15, 0.2) is 5.96 Å². The van der Waals surface area contributed by atoms with Crippen LogP contribution in [0.3, 0.4) is 0 Å². The van der Waals surface area contributed by atoms with Crippen LogP contribution >= 0.6 is 24.0 Å². The lowest BCUT2D eigenvalue weighted by Crippen LogP contribution is -2.32. The molecule has 0 spiro atoms. The first-order chi connectivity index (χ1) is 8.24. The fourth-order valence-electron chi connectivity index (χ4n) is 1.58. The van der Waals surface area contributed by atoms with Crippen molar-refractivity contribution >= 4 is 35.6 Å². The number of nitrogens with one attached hydrogen (secondary N) is 1. The number of rotatable bonds is 6. The molecule has 1 aromatic carbocycles. The molecule has 0 atom stereocenters. The van der Waals surface area contributed by atoms with Crippen molar-refractivity contribution in [1.82, 2.24) is 5.32 Å². The highest BCUT2D eigenvalue weighted by Gasteiger charge is 1.98. The van der Waals surface area contributed by atoms with Crippen molar-refractivity contribution in [2.24, 2.45) is 10.7 Å². The number of nitrogens with zero attached hydrogens (tertiary/aromatic N) is 2. The van der Waals surface area contributed by atoms with Crippen LogP contribution in [0.25, 0.3) is 0 Å². The molecule has 0 unspecified atom stereocenters. The third-order valence-electron chi connectivity index (χ3n) is 2.66. The van der Waals surface area contributed by atoms with Gasteiger partial charge in [-0.2, -0.15) is 0 Å². The zero-order valence-corrected chi connectivity index (χ0v) is 13.4. The Morgan fingerprint density at radius 1 is 1.28 bits per heavy atom. The predicted molar refractivity (Wildman–Crippen MR) is 89.9 cm³/mol. The molecule has 3 N–H and O–H groups in total. The van der Waals surface area contributed by atoms with E-state index in [1.807, 2.05) is 6.07 Å². The van der Waals surface area contributed by atoms with E-state index in [4.69, 9.17) is 5.73 Å². The number of guanidine groups is 1. The van der Waals surface area contributed by atoms with Crippen LogP contribution in [-0.2, 0) is 0 Å². The number of nitrogens with two attached hydrogens (primary N) is 1. The second-order valence-corrected chi connectivity index (χ2v) is 4.00. The van der Waals surface area contributed by atoms with Gasteiger partial charge in [-0.15, -0.1) is 24.0 Å². The first-order valence-electron chi connectivity index (χ1n) is 5.96. The topological polar surface area (TPSA) is 53.6 Å². The van der Waals surface area contributed by atoms with E-state index in [0.717, 1.165) is 25.9 Å². The predicted octanol–water partition coefficient (Wildman–Crippen LogP) is 2.06. The van der Waals surface area contributed by atoms with Gasteiger partial charge >= 0.3 is 0 Å². The van der Waals surface area contributed by atoms with Crippen LogP contribution in [0.5, 0.6) is 0 Å². The van der Waals surface area contributed by atoms with Crippen molar-refractivity contribution in [2.75, 3.05) is 32.1 Å². The molecule has 0 aromatic heterocycles. The van der Waals surface area contributed by atoms with Crippen molar-refractivity contribution in [2.45, 2.75) is 12.8 Å². The molecule has 0 aliphatic carbocycles. The van der Waals surface area contributed by atoms with Crippen molar-refractivity contribution in [3.05, 3.63) is 30.3 Å². The van der Waals surface area contributed by atoms with Crippen LogP contribution in [0.2, 0.25) is 0 Å². The van der Waals surface area contributed by atoms with Crippen LogP contribution < -0.4 is 16.0 Å². The van der Waals surface area contributed by atoms with Gasteiger partial charge in [0.1, 0.15) is 0 Å². The molecule has 0 aliphatic rings. The SMILES string of the molecule is CN=C(N)NCCCCN(C)c1ccccc1.I. The molecule has 0 aliphatic heterocycles. The van der Waals surface area contributed by atoms with Crippen LogP contribution in [-0.4, -0.2) is 33.1 Å². The molecule has 0 fully saturated rings. The van der Waals surface area contributed by atoms with E-state index >= 15 is 0 Å². The Morgan fingerprint density at radius 2 is 1.94 bits per heavy atom. The van der Waals surface area contributed by atoms with Crippen molar-refractivity contribution in [1.29, 1.82) is 0 Å². The molecule has 102 valence electrons. The maximum atomic E-state index is 5.53. The zero-order valence-electron chi connectivity index (χ0n) is 11.1. The van der Waals surface area contributed by atoms with Crippen molar-refractivity contribution in [3.8, 4) is 0 Å². The number of halogens is 1. The minimum atomic E-state index is 0. The van der Waals surface area contributed by atoms with Gasteiger partial charge in [-0.1, -0.05) is 18.2 Å². The summed E-state index contributed by atoms with van der Waals surface area (Å²) in [5.74, 6) is 0.515. The van der Waals surface area contributed by atoms with E-state index in [9.17, 15) is 0 Å². The highest BCUT2D eigenvalue weighted by Crippen LogP contribution is 2.11. The Kier molecular flexibility index (Phi) is 9.45. The van der Waals surface area contributed by atoms with E-state index < -0.39 is 0 Å². The zero-order chi connectivity index (χ0) is 12.5. The molecule has 5 heteroatoms. The van der Waals surface area contributed by atoms with E-state index in [-0.39, 0.29) is 24.0 Å². The smallest absolute Gasteiger partial charge is 0.188 e. The number of para-hydroxylation sites is 1. The third-order valence-corrected chi connectivity index (χ3v) is 2.66. The van der Waals surface area contributed by atoms with Crippen LogP contribution in [0.4, 0.5) is 5.69 Å². The summed E-state index contributed by atoms with van der Waals surface area (Å²) < 4.78 is 0. The number of hydrogen-bond donors (Lipinski definition) is 2. The van der Waals surface area contributed by atoms with E-state index in [1.165, 1.54) is 5.69 Å². The van der Waals surface area contributed by atoms with Gasteiger partial charge in [0.25, 0.3) is 0 Å². The highest BCUT2D eigenvalue weighted by molar-refractivity contribution is 14.0. The maximum Gasteiger partial charge on any atom is 0.188 e. The molecular weight excluding hydrogens is 339 g/mol. The van der Waals surface area contributed by atoms with Crippen LogP contribution in [0.1, 0.15) is 12.8 Å². The van der Waals surface area contributed by atoms with Gasteiger partial charge in [0.05, 0.1) is 0 Å². The minimum absolute atomic E-state index is 0. The number of hydrogen-bond acceptors (Lipinski definition) is 2. The Labute approximate surface area is 127 Å². The van der Waals surface area contributed by atoms with Gasteiger partial charge in [0.2, 0.25) is 0 Å². The summed E-state index contributed by atoms with van der Waals surface area (Å²) in [4.78, 5) is 6.10. The fourth-order valence-corrected chi connectivity index (χ4v) is 1.58. The number of anilines is 1. The van der Waals surface area contributed by atoms with Gasteiger partial charge in [-0.3, -0.25) is 4.99 Å². The minimum Gasteiger partial charge on any atom is -0.375 e. The number of unbranched alkanes of at least 4 members (excludes halogenated alkanes) is 1. The molecule has 18 heavy (non-hydrogen) atoms. The van der Waals surface area contributed by atoms with Crippen LogP contribution in [0, 0.1) is 0 Å². The molecule has 0 saturated heterocycles. The summed E-state index contributed by atoms with van der Waals surface area (Å²) in [5, 5.41) is 3.06. The first kappa shape index (κ1) is 17.0. The molecule has 0 saturated carbocycles. The quantitative estimate of drug-likeness (QED) is 0.353. The van der Waals surface area contributed by atoms with Crippen LogP contribution in [0.15, 0.2) is 35.3 Å². The first-order valence-corrected chi connectivity index (χ1v) is 5.96. The molecule has 4 nitrogen and oxygen atoms in total. The molecule has 0 radical (unpaired) electrons. The molecule has 1 rings (SSSR count). The van der Waals surface area contributed by atoms with Gasteiger partial charge in [0, 0.05) is 32.9 Å². The summed E-state index contributed by atoms with van der Waals surface area (Å²) in [6.07, 6.45) is 2.22. The standard InChI is InChI=1S/C13H22N4.HI/c1-15-13(14)16-10-6-7-11-17(2)12-8-4-3-5-9-12;/h3-5,8-9H,6-7,10-11H2,1-2H3,(H3,14,15,16);1H. The summed E-state index contributed by atoms with van der Waals surface area (Å²) in [6.45, 7) is 1.93. The Hall–Kier alpha value is -0.980. The average molecular weight is 362 g/mol. The second-order valence-electron chi connectivity index (χ2n) is 4.00. The van der Waals surface area contributed by atoms with Gasteiger partial charge < -0.3 is 16.0 Å². The molecule has 0 heterocycles. The third kappa shape index (κ3) is 6.68. The lowest BCUT2D eigenvalue weighted by molar-refractivity contribution is 0.697. The molecule has 0 bridgehead atoms. The fraction of sp³-hybridized carbons (Fsp3) is 0.462. The van der Waals surface area contributed by atoms with Crippen molar-refractivity contribution in [3.63, 3.8) is 0 Å². The number of aliphatic imine (C=N–C) groups is 1. The Morgan fingerprint density at radius 3 is 2.56 bits per heavy atom. The van der Waals surface area contributed by atoms with E-state index in [2.05, 4.69) is 46.5 Å². The van der Waals surface area contributed by atoms with Gasteiger partial charge in [-0.05, 0) is 25.0 Å². The summed E-state index contributed by atoms with van der Waals surface area (Å²) in [5.41, 5.74) is 6.79.